The Morgan fingerprint density at radius 3 is 1.18 bits per heavy atom. The van der Waals surface area contributed by atoms with Crippen molar-refractivity contribution in [3.05, 3.63) is 0 Å². The van der Waals surface area contributed by atoms with Crippen LogP contribution < -0.4 is 0 Å². The Hall–Kier alpha value is 0.430. The van der Waals surface area contributed by atoms with E-state index >= 15 is 0 Å². The Morgan fingerprint density at radius 1 is 0.429 bits per heavy atom. The fraction of sp³-hybridized carbons (Fsp3) is 1.00. The third-order valence-corrected chi connectivity index (χ3v) is 17.6. The normalized spacial score (nSPS) is 28.4. The second-order valence-electron chi connectivity index (χ2n) is 11.5. The number of hydrogen-bond donors (Lipinski definition) is 0. The van der Waals surface area contributed by atoms with E-state index in [1.165, 1.54) is 23.4 Å². The van der Waals surface area contributed by atoms with Crippen molar-refractivity contribution in [2.45, 2.75) is 158 Å². The van der Waals surface area contributed by atoms with Gasteiger partial charge in [0, 0.05) is 0 Å². The monoisotopic (exact) mass is 406 g/mol. The van der Waals surface area contributed by atoms with Gasteiger partial charge in [0.2, 0.25) is 0 Å². The summed E-state index contributed by atoms with van der Waals surface area (Å²) in [6.45, 7) is 0. The van der Waals surface area contributed by atoms with Crippen molar-refractivity contribution in [1.82, 2.24) is 0 Å². The van der Waals surface area contributed by atoms with Gasteiger partial charge in [-0.05, 0) is 0 Å². The van der Waals surface area contributed by atoms with Gasteiger partial charge < -0.3 is 0 Å². The molecular weight excluding hydrogens is 355 g/mol. The zero-order valence-corrected chi connectivity index (χ0v) is 20.1. The van der Waals surface area contributed by atoms with Crippen LogP contribution in [0.5, 0.6) is 0 Å². The van der Waals surface area contributed by atoms with E-state index in [9.17, 15) is 0 Å². The number of rotatable bonds is 7. The molecule has 0 nitrogen and oxygen atoms in total. The second kappa shape index (κ2) is 11.2. The summed E-state index contributed by atoms with van der Waals surface area (Å²) in [4.78, 5) is 0. The maximum atomic E-state index is 1.77. The molecule has 0 heterocycles. The van der Waals surface area contributed by atoms with Crippen molar-refractivity contribution >= 4 is 7.26 Å². The van der Waals surface area contributed by atoms with Gasteiger partial charge in [0.05, 0.1) is 0 Å². The van der Waals surface area contributed by atoms with Gasteiger partial charge >= 0.3 is 178 Å². The van der Waals surface area contributed by atoms with E-state index < -0.39 is 7.26 Å². The fourth-order valence-electron chi connectivity index (χ4n) is 8.71. The van der Waals surface area contributed by atoms with Crippen LogP contribution in [-0.4, -0.2) is 23.1 Å². The molecule has 164 valence electrons. The van der Waals surface area contributed by atoms with E-state index in [-0.39, 0.29) is 0 Å². The molecule has 0 saturated heterocycles. The summed E-state index contributed by atoms with van der Waals surface area (Å²) in [7, 11) is -1.18. The Labute approximate surface area is 177 Å². The molecular formula is C27H51P. The fourth-order valence-corrected chi connectivity index (χ4v) is 17.2. The summed E-state index contributed by atoms with van der Waals surface area (Å²) in [5.41, 5.74) is 3.71. The van der Waals surface area contributed by atoms with Gasteiger partial charge in [-0.3, -0.25) is 0 Å². The van der Waals surface area contributed by atoms with E-state index in [0.29, 0.717) is 0 Å². The minimum atomic E-state index is -1.18. The Bertz CT molecular complexity index is 374. The summed E-state index contributed by atoms with van der Waals surface area (Å²) in [5, 5.41) is 0. The van der Waals surface area contributed by atoms with Crippen molar-refractivity contribution in [3.63, 3.8) is 0 Å². The summed E-state index contributed by atoms with van der Waals surface area (Å²) < 4.78 is 0. The van der Waals surface area contributed by atoms with E-state index in [0.717, 1.165) is 5.92 Å². The zero-order chi connectivity index (χ0) is 19.1. The molecule has 0 unspecified atom stereocenters. The molecule has 4 rings (SSSR count). The molecule has 0 aromatic heterocycles. The van der Waals surface area contributed by atoms with E-state index in [1.807, 2.05) is 0 Å². The molecule has 0 radical (unpaired) electrons. The molecule has 4 fully saturated rings. The third-order valence-electron chi connectivity index (χ3n) is 10.0. The minimum absolute atomic E-state index is 1.12. The molecule has 0 bridgehead atoms. The van der Waals surface area contributed by atoms with Crippen LogP contribution in [-0.2, 0) is 0 Å². The summed E-state index contributed by atoms with van der Waals surface area (Å²) in [6.07, 6.45) is 36.9. The Morgan fingerprint density at radius 2 is 0.786 bits per heavy atom. The molecule has 0 aromatic carbocycles. The molecule has 0 atom stereocenters. The molecule has 0 amide bonds. The SMILES string of the molecule is C1CCC(CCC[PH](C2CCCCC2)(C2CCCCC2)C2CCCCC2)CC1. The van der Waals surface area contributed by atoms with E-state index in [1.54, 1.807) is 141 Å². The predicted octanol–water partition coefficient (Wildman–Crippen LogP) is 9.09. The molecule has 28 heavy (non-hydrogen) atoms. The molecule has 1 heteroatoms. The van der Waals surface area contributed by atoms with E-state index in [2.05, 4.69) is 0 Å². The van der Waals surface area contributed by atoms with Gasteiger partial charge in [-0.1, -0.05) is 0 Å². The molecule has 0 spiro atoms. The van der Waals surface area contributed by atoms with Crippen LogP contribution in [0.25, 0.3) is 0 Å². The van der Waals surface area contributed by atoms with Crippen molar-refractivity contribution in [2.24, 2.45) is 5.92 Å². The van der Waals surface area contributed by atoms with Gasteiger partial charge in [-0.2, -0.15) is 0 Å². The average molecular weight is 407 g/mol. The summed E-state index contributed by atoms with van der Waals surface area (Å²) in [5.74, 6) is 1.12. The molecule has 0 N–H and O–H groups in total. The molecule has 4 aliphatic rings. The molecule has 4 aliphatic carbocycles. The van der Waals surface area contributed by atoms with Gasteiger partial charge in [-0.25, -0.2) is 0 Å². The van der Waals surface area contributed by atoms with E-state index in [4.69, 9.17) is 0 Å². The third kappa shape index (κ3) is 5.18. The van der Waals surface area contributed by atoms with Crippen molar-refractivity contribution in [2.75, 3.05) is 6.16 Å². The standard InChI is InChI=1S/C27H51P/c1-5-14-24(15-6-1)16-13-23-28(25-17-7-2-8-18-25,26-19-9-3-10-20-26)27-21-11-4-12-22-27/h24-28H,1-23H2. The average Bonchev–Trinajstić information content (AvgIpc) is 2.79. The summed E-state index contributed by atoms with van der Waals surface area (Å²) >= 11 is 0. The molecule has 4 saturated carbocycles. The van der Waals surface area contributed by atoms with Crippen LogP contribution in [0.3, 0.4) is 0 Å². The molecule has 0 aliphatic heterocycles. The van der Waals surface area contributed by atoms with Gasteiger partial charge in [0.1, 0.15) is 0 Å². The predicted molar refractivity (Wildman–Crippen MR) is 130 cm³/mol. The first-order valence-electron chi connectivity index (χ1n) is 13.9. The van der Waals surface area contributed by atoms with Crippen LogP contribution in [0.2, 0.25) is 0 Å². The quantitative estimate of drug-likeness (QED) is 0.370. The van der Waals surface area contributed by atoms with Crippen LogP contribution in [0.15, 0.2) is 0 Å². The van der Waals surface area contributed by atoms with Crippen LogP contribution in [0, 0.1) is 5.92 Å². The first-order chi connectivity index (χ1) is 13.9. The number of hydrogen-bond acceptors (Lipinski definition) is 0. The Kier molecular flexibility index (Phi) is 8.63. The first-order valence-corrected chi connectivity index (χ1v) is 16.3. The van der Waals surface area contributed by atoms with Gasteiger partial charge in [0.25, 0.3) is 0 Å². The van der Waals surface area contributed by atoms with Gasteiger partial charge in [-0.15, -0.1) is 0 Å². The van der Waals surface area contributed by atoms with Crippen molar-refractivity contribution in [1.29, 1.82) is 0 Å². The topological polar surface area (TPSA) is 0 Å². The van der Waals surface area contributed by atoms with Crippen molar-refractivity contribution < 1.29 is 0 Å². The maximum absolute atomic E-state index is 1.77. The van der Waals surface area contributed by atoms with Crippen molar-refractivity contribution in [3.8, 4) is 0 Å². The molecule has 0 aromatic rings. The van der Waals surface area contributed by atoms with Crippen LogP contribution in [0.1, 0.15) is 141 Å². The second-order valence-corrected chi connectivity index (χ2v) is 16.7. The summed E-state index contributed by atoms with van der Waals surface area (Å²) in [6, 6.07) is 0. The zero-order valence-electron chi connectivity index (χ0n) is 19.1. The van der Waals surface area contributed by atoms with Crippen LogP contribution in [0.4, 0.5) is 0 Å². The first kappa shape index (κ1) is 21.7. The van der Waals surface area contributed by atoms with Crippen LogP contribution >= 0.6 is 7.26 Å². The Balaban J connectivity index is 1.52. The van der Waals surface area contributed by atoms with Gasteiger partial charge in [0.15, 0.2) is 0 Å².